The van der Waals surface area contributed by atoms with E-state index in [4.69, 9.17) is 0 Å². The number of allylic oxidation sites excluding steroid dienone is 3. The van der Waals surface area contributed by atoms with E-state index in [0.717, 1.165) is 28.8 Å². The summed E-state index contributed by atoms with van der Waals surface area (Å²) in [5, 5.41) is 4.14. The van der Waals surface area contributed by atoms with Crippen molar-refractivity contribution in [2.45, 2.75) is 38.5 Å². The normalized spacial score (nSPS) is 20.6. The fraction of sp³-hybridized carbons (Fsp3) is 0.353. The Morgan fingerprint density at radius 3 is 2.50 bits per heavy atom. The number of benzene rings is 1. The number of hydrogen-bond donors (Lipinski definition) is 1. The number of sulfonamides is 1. The summed E-state index contributed by atoms with van der Waals surface area (Å²) in [5.74, 6) is 0.325. The van der Waals surface area contributed by atoms with Crippen molar-refractivity contribution in [3.63, 3.8) is 0 Å². The van der Waals surface area contributed by atoms with Gasteiger partial charge in [-0.05, 0) is 57.2 Å². The van der Waals surface area contributed by atoms with Gasteiger partial charge in [-0.3, -0.25) is 0 Å². The molecule has 118 valence electrons. The van der Waals surface area contributed by atoms with E-state index < -0.39 is 10.0 Å². The molecule has 0 amide bonds. The lowest BCUT2D eigenvalue weighted by atomic mass is 9.85. The number of nitrogens with zero attached hydrogens (tertiary/aromatic N) is 1. The third kappa shape index (κ3) is 3.85. The average Bonchev–Trinajstić information content (AvgIpc) is 2.46. The van der Waals surface area contributed by atoms with Crippen molar-refractivity contribution >= 4 is 15.7 Å². The van der Waals surface area contributed by atoms with Crippen LogP contribution in [0.3, 0.4) is 0 Å². The van der Waals surface area contributed by atoms with Crippen LogP contribution in [0.2, 0.25) is 0 Å². The summed E-state index contributed by atoms with van der Waals surface area (Å²) in [6.45, 7) is 9.84. The Labute approximate surface area is 132 Å². The van der Waals surface area contributed by atoms with Crippen molar-refractivity contribution in [2.75, 3.05) is 0 Å². The Morgan fingerprint density at radius 1 is 1.27 bits per heavy atom. The van der Waals surface area contributed by atoms with E-state index in [1.807, 2.05) is 20.8 Å². The van der Waals surface area contributed by atoms with Crippen molar-refractivity contribution in [1.82, 2.24) is 4.83 Å². The van der Waals surface area contributed by atoms with Crippen LogP contribution in [0.25, 0.3) is 0 Å². The Bertz CT molecular complexity index is 728. The molecular formula is C17H22N2O2S. The Morgan fingerprint density at radius 2 is 1.91 bits per heavy atom. The van der Waals surface area contributed by atoms with Gasteiger partial charge in [0.05, 0.1) is 10.6 Å². The van der Waals surface area contributed by atoms with E-state index in [1.165, 1.54) is 0 Å². The minimum Gasteiger partial charge on any atom is -0.200 e. The van der Waals surface area contributed by atoms with Crippen LogP contribution in [0, 0.1) is 12.8 Å². The predicted molar refractivity (Wildman–Crippen MR) is 90.2 cm³/mol. The Hall–Kier alpha value is -1.88. The highest BCUT2D eigenvalue weighted by atomic mass is 32.2. The number of rotatable bonds is 4. The number of hydrazone groups is 1. The maximum absolute atomic E-state index is 12.3. The molecule has 0 saturated carbocycles. The maximum Gasteiger partial charge on any atom is 0.276 e. The Kier molecular flexibility index (Phi) is 4.86. The standard InChI is InChI=1S/C17H22N2O2S/c1-12(2)15-8-7-14(4)17(11-15)18-19-22(20,21)16-9-5-13(3)6-10-16/h5-7,9-10,15,19H,1,8,11H2,2-4H3/t15-/m0/s1. The SMILES string of the molecule is C=C(C)[C@H]1CC=C(C)C(=NNS(=O)(=O)c2ccc(C)cc2)C1. The molecule has 1 aliphatic carbocycles. The van der Waals surface area contributed by atoms with Crippen molar-refractivity contribution in [3.8, 4) is 0 Å². The smallest absolute Gasteiger partial charge is 0.200 e. The topological polar surface area (TPSA) is 58.5 Å². The molecule has 0 saturated heterocycles. The van der Waals surface area contributed by atoms with Crippen LogP contribution in [-0.2, 0) is 10.0 Å². The summed E-state index contributed by atoms with van der Waals surface area (Å²) >= 11 is 0. The van der Waals surface area contributed by atoms with Gasteiger partial charge >= 0.3 is 0 Å². The molecule has 22 heavy (non-hydrogen) atoms. The lowest BCUT2D eigenvalue weighted by molar-refractivity contribution is 0.583. The van der Waals surface area contributed by atoms with E-state index in [-0.39, 0.29) is 4.90 Å². The van der Waals surface area contributed by atoms with Gasteiger partial charge in [-0.15, -0.1) is 0 Å². The molecule has 0 aliphatic heterocycles. The highest BCUT2D eigenvalue weighted by molar-refractivity contribution is 7.89. The first-order valence-electron chi connectivity index (χ1n) is 7.27. The van der Waals surface area contributed by atoms with Gasteiger partial charge in [-0.1, -0.05) is 35.9 Å². The highest BCUT2D eigenvalue weighted by Gasteiger charge is 2.20. The molecule has 4 nitrogen and oxygen atoms in total. The third-order valence-electron chi connectivity index (χ3n) is 3.93. The summed E-state index contributed by atoms with van der Waals surface area (Å²) in [4.78, 5) is 2.56. The van der Waals surface area contributed by atoms with Gasteiger partial charge in [0.2, 0.25) is 0 Å². The van der Waals surface area contributed by atoms with E-state index in [2.05, 4.69) is 22.6 Å². The zero-order valence-electron chi connectivity index (χ0n) is 13.3. The highest BCUT2D eigenvalue weighted by Crippen LogP contribution is 2.26. The van der Waals surface area contributed by atoms with Crippen molar-refractivity contribution < 1.29 is 8.42 Å². The summed E-state index contributed by atoms with van der Waals surface area (Å²) in [7, 11) is -3.62. The van der Waals surface area contributed by atoms with E-state index in [1.54, 1.807) is 24.3 Å². The third-order valence-corrected chi connectivity index (χ3v) is 5.16. The molecule has 0 unspecified atom stereocenters. The molecule has 1 atom stereocenters. The monoisotopic (exact) mass is 318 g/mol. The molecule has 1 aromatic rings. The molecule has 5 heteroatoms. The van der Waals surface area contributed by atoms with Crippen molar-refractivity contribution in [1.29, 1.82) is 0 Å². The van der Waals surface area contributed by atoms with Crippen LogP contribution in [-0.4, -0.2) is 14.1 Å². The molecule has 0 spiro atoms. The fourth-order valence-electron chi connectivity index (χ4n) is 2.31. The second kappa shape index (κ2) is 6.48. The first-order chi connectivity index (χ1) is 10.3. The van der Waals surface area contributed by atoms with E-state index in [0.29, 0.717) is 12.3 Å². The van der Waals surface area contributed by atoms with Crippen molar-refractivity contribution in [3.05, 3.63) is 53.6 Å². The second-order valence-corrected chi connectivity index (χ2v) is 7.50. The summed E-state index contributed by atoms with van der Waals surface area (Å²) in [6.07, 6.45) is 3.74. The molecule has 0 radical (unpaired) electrons. The molecule has 0 bridgehead atoms. The van der Waals surface area contributed by atoms with Crippen molar-refractivity contribution in [2.24, 2.45) is 11.0 Å². The second-order valence-electron chi connectivity index (χ2n) is 5.84. The molecular weight excluding hydrogens is 296 g/mol. The van der Waals surface area contributed by atoms with E-state index >= 15 is 0 Å². The van der Waals surface area contributed by atoms with Crippen LogP contribution in [0.15, 0.2) is 58.1 Å². The zero-order chi connectivity index (χ0) is 16.3. The summed E-state index contributed by atoms with van der Waals surface area (Å²) < 4.78 is 24.5. The first-order valence-corrected chi connectivity index (χ1v) is 8.75. The molecule has 0 aromatic heterocycles. The van der Waals surface area contributed by atoms with E-state index in [9.17, 15) is 8.42 Å². The minimum atomic E-state index is -3.62. The van der Waals surface area contributed by atoms with Gasteiger partial charge in [-0.2, -0.15) is 18.4 Å². The quantitative estimate of drug-likeness (QED) is 0.681. The average molecular weight is 318 g/mol. The van der Waals surface area contributed by atoms with Crippen LogP contribution >= 0.6 is 0 Å². The molecule has 0 fully saturated rings. The van der Waals surface area contributed by atoms with Crippen LogP contribution in [0.4, 0.5) is 0 Å². The molecule has 1 aliphatic rings. The summed E-state index contributed by atoms with van der Waals surface area (Å²) in [5.41, 5.74) is 3.90. The van der Waals surface area contributed by atoms with Crippen LogP contribution in [0.5, 0.6) is 0 Å². The van der Waals surface area contributed by atoms with Crippen LogP contribution < -0.4 is 4.83 Å². The largest absolute Gasteiger partial charge is 0.276 e. The molecule has 1 aromatic carbocycles. The molecule has 1 N–H and O–H groups in total. The van der Waals surface area contributed by atoms with Gasteiger partial charge in [-0.25, -0.2) is 0 Å². The fourth-order valence-corrected chi connectivity index (χ4v) is 3.14. The summed E-state index contributed by atoms with van der Waals surface area (Å²) in [6, 6.07) is 6.70. The Balaban J connectivity index is 2.19. The predicted octanol–water partition coefficient (Wildman–Crippen LogP) is 3.56. The van der Waals surface area contributed by atoms with Crippen LogP contribution in [0.1, 0.15) is 32.3 Å². The zero-order valence-corrected chi connectivity index (χ0v) is 14.1. The lowest BCUT2D eigenvalue weighted by Gasteiger charge is -2.22. The number of nitrogens with one attached hydrogen (secondary N) is 1. The van der Waals surface area contributed by atoms with Gasteiger partial charge in [0.1, 0.15) is 0 Å². The van der Waals surface area contributed by atoms with Gasteiger partial charge < -0.3 is 0 Å². The lowest BCUT2D eigenvalue weighted by Crippen LogP contribution is -2.23. The van der Waals surface area contributed by atoms with Gasteiger partial charge in [0, 0.05) is 0 Å². The first kappa shape index (κ1) is 16.5. The molecule has 2 rings (SSSR count). The maximum atomic E-state index is 12.3. The number of aryl methyl sites for hydroxylation is 1. The van der Waals surface area contributed by atoms with Gasteiger partial charge in [0.15, 0.2) is 0 Å². The molecule has 0 heterocycles. The van der Waals surface area contributed by atoms with Gasteiger partial charge in [0.25, 0.3) is 10.0 Å². The number of hydrogen-bond acceptors (Lipinski definition) is 3. The minimum absolute atomic E-state index is 0.219.